The number of hydrogen-bond donors (Lipinski definition) is 2. The van der Waals surface area contributed by atoms with E-state index in [0.717, 1.165) is 24.5 Å². The Hall–Kier alpha value is -3.28. The molecule has 1 heterocycles. The molecule has 0 amide bonds. The zero-order valence-electron chi connectivity index (χ0n) is 15.9. The van der Waals surface area contributed by atoms with Crippen LogP contribution in [0.5, 0.6) is 0 Å². The minimum absolute atomic E-state index is 0.212. The maximum absolute atomic E-state index is 14.5. The Morgan fingerprint density at radius 2 is 1.53 bits per heavy atom. The smallest absolute Gasteiger partial charge is 0.336 e. The second-order valence-electron chi connectivity index (χ2n) is 6.65. The summed E-state index contributed by atoms with van der Waals surface area (Å²) in [4.78, 5) is 22.2. The Labute approximate surface area is 171 Å². The highest BCUT2D eigenvalue weighted by molar-refractivity contribution is 5.84. The number of hydrogen-bond acceptors (Lipinski definition) is 4. The largest absolute Gasteiger partial charge is 0.479 e. The van der Waals surface area contributed by atoms with E-state index in [-0.39, 0.29) is 5.56 Å². The second-order valence-corrected chi connectivity index (χ2v) is 6.65. The Morgan fingerprint density at radius 3 is 2.07 bits per heavy atom. The average Bonchev–Trinajstić information content (AvgIpc) is 3.16. The number of carboxylic acids is 2. The molecule has 1 fully saturated rings. The highest BCUT2D eigenvalue weighted by Gasteiger charge is 2.47. The Morgan fingerprint density at radius 1 is 0.933 bits per heavy atom. The van der Waals surface area contributed by atoms with E-state index in [9.17, 15) is 18.4 Å². The third kappa shape index (κ3) is 4.48. The molecule has 0 saturated carbocycles. The van der Waals surface area contributed by atoms with Crippen LogP contribution in [0.3, 0.4) is 0 Å². The van der Waals surface area contributed by atoms with Crippen LogP contribution in [0, 0.1) is 23.5 Å². The van der Waals surface area contributed by atoms with Crippen molar-refractivity contribution < 1.29 is 38.1 Å². The summed E-state index contributed by atoms with van der Waals surface area (Å²) < 4.78 is 39.0. The standard InChI is InChI=1S/C22H18F2O6/c1-2-3-12-4-6-13(7-5-12)8-9-14-10-11-15(17(24)16(14)23)22-29-18(20(25)26)19(30-22)21(27)28/h4-7,10-11,18-19,22H,2-3H2,1H3,(H,25,26)(H,27,28). The van der Waals surface area contributed by atoms with Gasteiger partial charge in [0.15, 0.2) is 30.1 Å². The lowest BCUT2D eigenvalue weighted by Crippen LogP contribution is -2.36. The monoisotopic (exact) mass is 416 g/mol. The molecule has 8 heteroatoms. The van der Waals surface area contributed by atoms with Crippen LogP contribution in [0.1, 0.15) is 41.9 Å². The third-order valence-electron chi connectivity index (χ3n) is 4.50. The van der Waals surface area contributed by atoms with E-state index in [1.165, 1.54) is 6.07 Å². The molecular weight excluding hydrogens is 398 g/mol. The lowest BCUT2D eigenvalue weighted by atomic mass is 10.1. The Bertz CT molecular complexity index is 1000. The summed E-state index contributed by atoms with van der Waals surface area (Å²) in [5, 5.41) is 18.1. The fourth-order valence-corrected chi connectivity index (χ4v) is 2.99. The molecule has 2 aromatic carbocycles. The molecule has 0 bridgehead atoms. The number of benzene rings is 2. The molecule has 1 aliphatic heterocycles. The van der Waals surface area contributed by atoms with Crippen molar-refractivity contribution in [3.63, 3.8) is 0 Å². The minimum atomic E-state index is -1.84. The number of aryl methyl sites for hydroxylation is 1. The molecule has 0 spiro atoms. The van der Waals surface area contributed by atoms with Crippen molar-refractivity contribution in [3.05, 3.63) is 70.3 Å². The molecule has 2 aromatic rings. The van der Waals surface area contributed by atoms with Gasteiger partial charge in [0.2, 0.25) is 0 Å². The van der Waals surface area contributed by atoms with Crippen LogP contribution in [0.2, 0.25) is 0 Å². The van der Waals surface area contributed by atoms with Gasteiger partial charge in [-0.25, -0.2) is 18.4 Å². The maximum atomic E-state index is 14.5. The van der Waals surface area contributed by atoms with Crippen LogP contribution in [0.25, 0.3) is 0 Å². The molecule has 2 unspecified atom stereocenters. The molecular formula is C22H18F2O6. The van der Waals surface area contributed by atoms with Gasteiger partial charge >= 0.3 is 11.9 Å². The van der Waals surface area contributed by atoms with Gasteiger partial charge in [0, 0.05) is 11.1 Å². The number of carboxylic acid groups (broad SMARTS) is 2. The van der Waals surface area contributed by atoms with Crippen LogP contribution in [-0.4, -0.2) is 34.4 Å². The lowest BCUT2D eigenvalue weighted by molar-refractivity contribution is -0.156. The first kappa shape index (κ1) is 21.4. The number of aliphatic carboxylic acids is 2. The molecule has 6 nitrogen and oxygen atoms in total. The van der Waals surface area contributed by atoms with E-state index < -0.39 is 47.6 Å². The Kier molecular flexibility index (Phi) is 6.45. The van der Waals surface area contributed by atoms with Crippen molar-refractivity contribution in [3.8, 4) is 11.8 Å². The van der Waals surface area contributed by atoms with Gasteiger partial charge < -0.3 is 19.7 Å². The maximum Gasteiger partial charge on any atom is 0.336 e. The van der Waals surface area contributed by atoms with Gasteiger partial charge in [0.25, 0.3) is 0 Å². The van der Waals surface area contributed by atoms with Gasteiger partial charge in [-0.15, -0.1) is 0 Å². The molecule has 30 heavy (non-hydrogen) atoms. The molecule has 156 valence electrons. The summed E-state index contributed by atoms with van der Waals surface area (Å²) >= 11 is 0. The van der Waals surface area contributed by atoms with Crippen molar-refractivity contribution in [2.45, 2.75) is 38.3 Å². The molecule has 1 saturated heterocycles. The van der Waals surface area contributed by atoms with E-state index in [4.69, 9.17) is 19.7 Å². The quantitative estimate of drug-likeness (QED) is 0.727. The van der Waals surface area contributed by atoms with Crippen LogP contribution >= 0.6 is 0 Å². The summed E-state index contributed by atoms with van der Waals surface area (Å²) in [6, 6.07) is 9.74. The van der Waals surface area contributed by atoms with E-state index in [1.807, 2.05) is 12.1 Å². The van der Waals surface area contributed by atoms with E-state index in [2.05, 4.69) is 18.8 Å². The average molecular weight is 416 g/mol. The van der Waals surface area contributed by atoms with E-state index in [1.54, 1.807) is 12.1 Å². The summed E-state index contributed by atoms with van der Waals surface area (Å²) in [5.74, 6) is -0.465. The van der Waals surface area contributed by atoms with E-state index in [0.29, 0.717) is 5.56 Å². The molecule has 1 aliphatic rings. The molecule has 2 atom stereocenters. The lowest BCUT2D eigenvalue weighted by Gasteiger charge is -2.12. The molecule has 0 aliphatic carbocycles. The Balaban J connectivity index is 1.83. The van der Waals surface area contributed by atoms with Gasteiger partial charge in [-0.1, -0.05) is 37.3 Å². The van der Waals surface area contributed by atoms with Crippen LogP contribution in [0.15, 0.2) is 36.4 Å². The van der Waals surface area contributed by atoms with Gasteiger partial charge in [-0.3, -0.25) is 0 Å². The van der Waals surface area contributed by atoms with Crippen molar-refractivity contribution in [1.82, 2.24) is 0 Å². The fourth-order valence-electron chi connectivity index (χ4n) is 2.99. The van der Waals surface area contributed by atoms with Crippen LogP contribution < -0.4 is 0 Å². The number of ether oxygens (including phenoxy) is 2. The molecule has 3 rings (SSSR count). The van der Waals surface area contributed by atoms with Gasteiger partial charge in [0.05, 0.1) is 5.56 Å². The van der Waals surface area contributed by atoms with Crippen LogP contribution in [0.4, 0.5) is 8.78 Å². The van der Waals surface area contributed by atoms with Crippen molar-refractivity contribution in [1.29, 1.82) is 0 Å². The summed E-state index contributed by atoms with van der Waals surface area (Å²) in [5.41, 5.74) is 1.13. The zero-order valence-corrected chi connectivity index (χ0v) is 15.9. The first-order chi connectivity index (χ1) is 14.3. The fraction of sp³-hybridized carbons (Fsp3) is 0.273. The normalized spacial score (nSPS) is 20.4. The predicted octanol–water partition coefficient (Wildman–Crippen LogP) is 3.27. The topological polar surface area (TPSA) is 93.1 Å². The van der Waals surface area contributed by atoms with Crippen molar-refractivity contribution in [2.75, 3.05) is 0 Å². The summed E-state index contributed by atoms with van der Waals surface area (Å²) in [6.07, 6.45) is -3.41. The second kappa shape index (κ2) is 9.03. The third-order valence-corrected chi connectivity index (χ3v) is 4.50. The van der Waals surface area contributed by atoms with Gasteiger partial charge in [0.1, 0.15) is 0 Å². The summed E-state index contributed by atoms with van der Waals surface area (Å²) in [7, 11) is 0. The zero-order chi connectivity index (χ0) is 21.8. The molecule has 2 N–H and O–H groups in total. The first-order valence-electron chi connectivity index (χ1n) is 9.17. The predicted molar refractivity (Wildman–Crippen MR) is 101 cm³/mol. The van der Waals surface area contributed by atoms with Gasteiger partial charge in [-0.05, 0) is 36.2 Å². The van der Waals surface area contributed by atoms with Crippen LogP contribution in [-0.2, 0) is 25.5 Å². The molecule has 0 aromatic heterocycles. The van der Waals surface area contributed by atoms with Crippen molar-refractivity contribution >= 4 is 11.9 Å². The van der Waals surface area contributed by atoms with E-state index >= 15 is 0 Å². The summed E-state index contributed by atoms with van der Waals surface area (Å²) in [6.45, 7) is 2.07. The first-order valence-corrected chi connectivity index (χ1v) is 9.17. The highest BCUT2D eigenvalue weighted by atomic mass is 19.2. The molecule has 0 radical (unpaired) electrons. The van der Waals surface area contributed by atoms with Gasteiger partial charge in [-0.2, -0.15) is 0 Å². The number of halogens is 2. The number of rotatable bonds is 5. The SMILES string of the molecule is CCCc1ccc(C#Cc2ccc(C3OC(C(=O)O)C(C(=O)O)O3)c(F)c2F)cc1. The van der Waals surface area contributed by atoms with Crippen molar-refractivity contribution in [2.24, 2.45) is 0 Å². The number of carbonyl (C=O) groups is 2. The minimum Gasteiger partial charge on any atom is -0.479 e. The highest BCUT2D eigenvalue weighted by Crippen LogP contribution is 2.34.